The van der Waals surface area contributed by atoms with Gasteiger partial charge in [0.25, 0.3) is 5.91 Å². The Hall–Kier alpha value is -1.96. The van der Waals surface area contributed by atoms with Crippen molar-refractivity contribution in [2.24, 2.45) is 17.8 Å². The van der Waals surface area contributed by atoms with Crippen LogP contribution < -0.4 is 0 Å². The van der Waals surface area contributed by atoms with Crippen LogP contribution in [0.25, 0.3) is 0 Å². The van der Waals surface area contributed by atoms with Crippen molar-refractivity contribution < 1.29 is 19.1 Å². The number of carbonyl (C=O) groups excluding carboxylic acids is 2. The molecule has 1 aliphatic heterocycles. The fourth-order valence-corrected chi connectivity index (χ4v) is 6.73. The van der Waals surface area contributed by atoms with Gasteiger partial charge in [-0.15, -0.1) is 11.3 Å². The van der Waals surface area contributed by atoms with Gasteiger partial charge in [-0.05, 0) is 54.7 Å². The van der Waals surface area contributed by atoms with Gasteiger partial charge in [-0.1, -0.05) is 66.1 Å². The largest absolute Gasteiger partial charge is 0.464 e. The molecule has 8 heteroatoms. The number of carbonyl (C=O) groups is 2. The monoisotopic (exact) mass is 562 g/mol. The molecule has 0 radical (unpaired) electrons. The molecule has 1 amide bonds. The number of aromatic nitrogens is 1. The van der Waals surface area contributed by atoms with Gasteiger partial charge < -0.3 is 14.4 Å². The molecule has 1 fully saturated rings. The molecule has 38 heavy (non-hydrogen) atoms. The van der Waals surface area contributed by atoms with Crippen molar-refractivity contribution in [1.29, 1.82) is 0 Å². The zero-order valence-electron chi connectivity index (χ0n) is 24.0. The highest BCUT2D eigenvalue weighted by Crippen LogP contribution is 2.51. The minimum absolute atomic E-state index is 0.111. The van der Waals surface area contributed by atoms with Crippen LogP contribution in [0, 0.1) is 17.8 Å². The smallest absolute Gasteiger partial charge is 0.332 e. The van der Waals surface area contributed by atoms with Crippen LogP contribution in [0.3, 0.4) is 0 Å². The summed E-state index contributed by atoms with van der Waals surface area (Å²) in [5.41, 5.74) is 0.104. The molecule has 3 unspecified atom stereocenters. The lowest BCUT2D eigenvalue weighted by Crippen LogP contribution is -2.55. The Bertz CT molecular complexity index is 1100. The van der Waals surface area contributed by atoms with E-state index in [1.54, 1.807) is 17.2 Å². The highest BCUT2D eigenvalue weighted by molar-refractivity contribution is 7.09. The van der Waals surface area contributed by atoms with E-state index < -0.39 is 11.6 Å². The van der Waals surface area contributed by atoms with Crippen LogP contribution in [0.2, 0.25) is 5.02 Å². The number of rotatable bonds is 10. The Kier molecular flexibility index (Phi) is 10.0. The predicted octanol–water partition coefficient (Wildman–Crippen LogP) is 7.32. The van der Waals surface area contributed by atoms with Gasteiger partial charge in [0.1, 0.15) is 10.5 Å². The Morgan fingerprint density at radius 3 is 2.45 bits per heavy atom. The lowest BCUT2D eigenvalue weighted by Gasteiger charge is -2.40. The molecule has 0 N–H and O–H groups in total. The van der Waals surface area contributed by atoms with Gasteiger partial charge in [0.2, 0.25) is 0 Å². The van der Waals surface area contributed by atoms with E-state index in [9.17, 15) is 9.59 Å². The second-order valence-electron chi connectivity index (χ2n) is 12.2. The van der Waals surface area contributed by atoms with E-state index in [0.29, 0.717) is 43.2 Å². The lowest BCUT2D eigenvalue weighted by atomic mass is 9.83. The third-order valence-corrected chi connectivity index (χ3v) is 8.10. The number of halogens is 1. The molecule has 6 nitrogen and oxygen atoms in total. The van der Waals surface area contributed by atoms with Crippen LogP contribution in [0.1, 0.15) is 95.2 Å². The molecule has 2 aromatic rings. The Morgan fingerprint density at radius 1 is 1.21 bits per heavy atom. The van der Waals surface area contributed by atoms with Gasteiger partial charge >= 0.3 is 5.97 Å². The number of likely N-dealkylation sites (tertiary alicyclic amines) is 1. The quantitative estimate of drug-likeness (QED) is 0.284. The topological polar surface area (TPSA) is 68.7 Å². The summed E-state index contributed by atoms with van der Waals surface area (Å²) in [4.78, 5) is 34.9. The predicted molar refractivity (Wildman–Crippen MR) is 154 cm³/mol. The van der Waals surface area contributed by atoms with E-state index in [4.69, 9.17) is 21.1 Å². The van der Waals surface area contributed by atoms with Crippen molar-refractivity contribution in [3.8, 4) is 0 Å². The molecule has 3 atom stereocenters. The standard InChI is InChI=1S/C30H43ClN2O4S/c1-9-36-18-22-16-30(15-19(2)3,28(35)37-17-20(4)5)33(25(22)26-32-12-13-38-26)27(34)21-10-11-23(24(31)14-21)29(6,7)8/h10-14,19-20,22,25H,9,15-18H2,1-8H3. The zero-order valence-corrected chi connectivity index (χ0v) is 25.6. The van der Waals surface area contributed by atoms with E-state index in [1.165, 1.54) is 11.3 Å². The molecule has 0 spiro atoms. The van der Waals surface area contributed by atoms with Crippen molar-refractivity contribution in [1.82, 2.24) is 9.88 Å². The molecule has 1 aliphatic rings. The number of hydrogen-bond donors (Lipinski definition) is 0. The van der Waals surface area contributed by atoms with Crippen LogP contribution in [0.15, 0.2) is 29.8 Å². The van der Waals surface area contributed by atoms with Crippen molar-refractivity contribution in [2.75, 3.05) is 19.8 Å². The number of benzene rings is 1. The third-order valence-electron chi connectivity index (χ3n) is 6.94. The molecule has 1 aromatic heterocycles. The van der Waals surface area contributed by atoms with Gasteiger partial charge in [0.15, 0.2) is 0 Å². The highest BCUT2D eigenvalue weighted by Gasteiger charge is 2.60. The molecule has 2 heterocycles. The summed E-state index contributed by atoms with van der Waals surface area (Å²) in [5.74, 6) is -0.385. The van der Waals surface area contributed by atoms with Crippen LogP contribution in [0.4, 0.5) is 0 Å². The van der Waals surface area contributed by atoms with Crippen LogP contribution in [0.5, 0.6) is 0 Å². The summed E-state index contributed by atoms with van der Waals surface area (Å²) in [6, 6.07) is 5.06. The second kappa shape index (κ2) is 12.5. The van der Waals surface area contributed by atoms with Crippen LogP contribution >= 0.6 is 22.9 Å². The van der Waals surface area contributed by atoms with Gasteiger partial charge in [0, 0.05) is 34.7 Å². The fourth-order valence-electron chi connectivity index (χ4n) is 5.45. The van der Waals surface area contributed by atoms with Crippen molar-refractivity contribution >= 4 is 34.8 Å². The minimum Gasteiger partial charge on any atom is -0.464 e. The third kappa shape index (κ3) is 6.60. The summed E-state index contributed by atoms with van der Waals surface area (Å²) in [6.45, 7) is 17.6. The molecular formula is C30H43ClN2O4S. The first-order chi connectivity index (χ1) is 17.8. The Balaban J connectivity index is 2.20. The molecule has 210 valence electrons. The van der Waals surface area contributed by atoms with E-state index in [1.807, 2.05) is 38.3 Å². The van der Waals surface area contributed by atoms with Gasteiger partial charge in [-0.3, -0.25) is 4.79 Å². The second-order valence-corrected chi connectivity index (χ2v) is 13.5. The summed E-state index contributed by atoms with van der Waals surface area (Å²) < 4.78 is 11.8. The van der Waals surface area contributed by atoms with Crippen LogP contribution in [-0.4, -0.2) is 47.1 Å². The summed E-state index contributed by atoms with van der Waals surface area (Å²) in [7, 11) is 0. The highest BCUT2D eigenvalue weighted by atomic mass is 35.5. The fraction of sp³-hybridized carbons (Fsp3) is 0.633. The number of esters is 1. The molecule has 3 rings (SSSR count). The van der Waals surface area contributed by atoms with Crippen LogP contribution in [-0.2, 0) is 19.7 Å². The van der Waals surface area contributed by atoms with E-state index in [2.05, 4.69) is 39.6 Å². The molecular weight excluding hydrogens is 520 g/mol. The normalized spacial score (nSPS) is 21.9. The first-order valence-electron chi connectivity index (χ1n) is 13.6. The summed E-state index contributed by atoms with van der Waals surface area (Å²) in [6.07, 6.45) is 2.68. The maximum atomic E-state index is 14.5. The molecule has 1 saturated heterocycles. The first kappa shape index (κ1) is 30.6. The summed E-state index contributed by atoms with van der Waals surface area (Å²) in [5, 5.41) is 3.24. The van der Waals surface area contributed by atoms with Gasteiger partial charge in [-0.2, -0.15) is 0 Å². The molecule has 1 aromatic carbocycles. The maximum absolute atomic E-state index is 14.5. The Morgan fingerprint density at radius 2 is 1.92 bits per heavy atom. The van der Waals surface area contributed by atoms with Gasteiger partial charge in [-0.25, -0.2) is 9.78 Å². The SMILES string of the molecule is CCOCC1CC(CC(C)C)(C(=O)OCC(C)C)N(C(=O)c2ccc(C(C)(C)C)c(Cl)c2)C1c1nccs1. The van der Waals surface area contributed by atoms with Crippen molar-refractivity contribution in [3.63, 3.8) is 0 Å². The number of amides is 1. The lowest BCUT2D eigenvalue weighted by molar-refractivity contribution is -0.158. The average molecular weight is 563 g/mol. The number of ether oxygens (including phenoxy) is 2. The maximum Gasteiger partial charge on any atom is 0.332 e. The minimum atomic E-state index is -1.15. The summed E-state index contributed by atoms with van der Waals surface area (Å²) >= 11 is 8.20. The van der Waals surface area contributed by atoms with Crippen molar-refractivity contribution in [3.05, 3.63) is 50.9 Å². The van der Waals surface area contributed by atoms with E-state index in [-0.39, 0.29) is 35.0 Å². The molecule has 0 bridgehead atoms. The molecule has 0 aliphatic carbocycles. The van der Waals surface area contributed by atoms with E-state index >= 15 is 0 Å². The van der Waals surface area contributed by atoms with Crippen molar-refractivity contribution in [2.45, 2.75) is 85.2 Å². The Labute approximate surface area is 237 Å². The number of nitrogens with zero attached hydrogens (tertiary/aromatic N) is 2. The van der Waals surface area contributed by atoms with E-state index in [0.717, 1.165) is 10.6 Å². The zero-order chi connectivity index (χ0) is 28.3. The first-order valence-corrected chi connectivity index (χ1v) is 14.9. The molecule has 0 saturated carbocycles. The number of thiazole rings is 1. The number of hydrogen-bond acceptors (Lipinski definition) is 6. The average Bonchev–Trinajstić information content (AvgIpc) is 3.46. The van der Waals surface area contributed by atoms with Gasteiger partial charge in [0.05, 0.1) is 19.3 Å².